The number of aromatic nitrogens is 4. The number of likely N-dealkylation sites (tertiary alicyclic amines) is 1. The number of piperidine rings is 1. The molecule has 2 saturated carbocycles. The topological polar surface area (TPSA) is 134 Å². The maximum absolute atomic E-state index is 14.6. The number of pyridine rings is 1. The number of primary amides is 1. The van der Waals surface area contributed by atoms with E-state index in [-0.39, 0.29) is 23.6 Å². The van der Waals surface area contributed by atoms with E-state index in [1.54, 1.807) is 13.2 Å². The number of hydrogen-bond acceptors (Lipinski definition) is 6. The molecule has 0 radical (unpaired) electrons. The molecular formula is C34H34FN7O3. The van der Waals surface area contributed by atoms with Crippen LogP contribution in [0.1, 0.15) is 46.4 Å². The number of fused-ring (bicyclic) bond motifs is 4. The maximum atomic E-state index is 14.6. The minimum absolute atomic E-state index is 0.0371. The number of rotatable bonds is 7. The van der Waals surface area contributed by atoms with Gasteiger partial charge in [-0.15, -0.1) is 0 Å². The monoisotopic (exact) mass is 607 g/mol. The van der Waals surface area contributed by atoms with Gasteiger partial charge in [0.15, 0.2) is 5.82 Å². The van der Waals surface area contributed by atoms with Gasteiger partial charge in [-0.1, -0.05) is 6.07 Å². The molecule has 2 aromatic carbocycles. The lowest BCUT2D eigenvalue weighted by Crippen LogP contribution is -2.41. The summed E-state index contributed by atoms with van der Waals surface area (Å²) < 4.78 is 24.6. The number of aryl methyl sites for hydroxylation is 1. The number of carbonyl (C=O) groups excluding carboxylic acids is 2. The second-order valence-corrected chi connectivity index (χ2v) is 12.7. The summed E-state index contributed by atoms with van der Waals surface area (Å²) in [6.07, 6.45) is 4.30. The van der Waals surface area contributed by atoms with E-state index in [0.29, 0.717) is 46.5 Å². The predicted octanol–water partition coefficient (Wildman–Crippen LogP) is 4.48. The van der Waals surface area contributed by atoms with Gasteiger partial charge in [0, 0.05) is 48.7 Å². The van der Waals surface area contributed by atoms with E-state index in [1.165, 1.54) is 12.1 Å². The highest BCUT2D eigenvalue weighted by Gasteiger charge is 2.47. The summed E-state index contributed by atoms with van der Waals surface area (Å²) in [4.78, 5) is 37.2. The van der Waals surface area contributed by atoms with Gasteiger partial charge < -0.3 is 30.2 Å². The molecule has 2 bridgehead atoms. The zero-order chi connectivity index (χ0) is 31.1. The summed E-state index contributed by atoms with van der Waals surface area (Å²) in [5, 5.41) is 0.930. The Morgan fingerprint density at radius 2 is 1.87 bits per heavy atom. The number of ether oxygens (including phenoxy) is 1. The van der Waals surface area contributed by atoms with Gasteiger partial charge in [-0.25, -0.2) is 14.4 Å². The van der Waals surface area contributed by atoms with Crippen molar-refractivity contribution in [1.29, 1.82) is 0 Å². The lowest BCUT2D eigenvalue weighted by molar-refractivity contribution is 0.0700. The standard InChI is InChI=1S/C34H34FN7O3/c1-40-30-25(12-21(14-28(30)45-2)34(44)42-16-20-7-10-26(42)29(20)36)39-33(40)27-13-19-6-9-24(38-32(19)41(27)15-17-3-4-17)18-5-8-22(31(37)43)23(35)11-18/h5-6,8-9,11-14,17,20,26,29H,3-4,7,10,15-16,36H2,1-2H3,(H2,37,43)/t20-,26-,29-/m1/s1. The molecule has 0 unspecified atom stereocenters. The summed E-state index contributed by atoms with van der Waals surface area (Å²) in [6.45, 7) is 1.46. The second kappa shape index (κ2) is 10.1. The highest BCUT2D eigenvalue weighted by Crippen LogP contribution is 2.40. The van der Waals surface area contributed by atoms with E-state index in [4.69, 9.17) is 26.2 Å². The third-order valence-corrected chi connectivity index (χ3v) is 9.96. The van der Waals surface area contributed by atoms with Crippen molar-refractivity contribution in [3.63, 3.8) is 0 Å². The Kier molecular flexibility index (Phi) is 6.25. The summed E-state index contributed by atoms with van der Waals surface area (Å²) in [6, 6.07) is 14.0. The third kappa shape index (κ3) is 4.40. The van der Waals surface area contributed by atoms with Gasteiger partial charge in [0.1, 0.15) is 22.7 Å². The van der Waals surface area contributed by atoms with Crippen molar-refractivity contribution in [2.45, 2.75) is 44.3 Å². The SMILES string of the molecule is COc1cc(C(=O)N2C[C@H]3CC[C@@H]2[C@@H]3N)cc2nc(-c3cc4ccc(-c5ccc(C(N)=O)c(F)c5)nc4n3CC3CC3)n(C)c12. The molecule has 4 N–H and O–H groups in total. The van der Waals surface area contributed by atoms with Crippen LogP contribution in [-0.4, -0.2) is 61.6 Å². The zero-order valence-corrected chi connectivity index (χ0v) is 25.2. The van der Waals surface area contributed by atoms with Crippen LogP contribution < -0.4 is 16.2 Å². The van der Waals surface area contributed by atoms with E-state index in [2.05, 4.69) is 10.6 Å². The number of nitrogens with zero attached hydrogens (tertiary/aromatic N) is 5. The third-order valence-electron chi connectivity index (χ3n) is 9.96. The quantitative estimate of drug-likeness (QED) is 0.280. The molecule has 5 aromatic rings. The molecule has 1 saturated heterocycles. The molecule has 3 aliphatic rings. The molecule has 3 fully saturated rings. The van der Waals surface area contributed by atoms with Gasteiger partial charge in [0.25, 0.3) is 11.8 Å². The molecule has 0 spiro atoms. The number of imidazole rings is 1. The fourth-order valence-electron chi connectivity index (χ4n) is 7.36. The number of amides is 2. The van der Waals surface area contributed by atoms with Crippen molar-refractivity contribution < 1.29 is 18.7 Å². The number of carbonyl (C=O) groups is 2. The number of halogens is 1. The minimum Gasteiger partial charge on any atom is -0.494 e. The summed E-state index contributed by atoms with van der Waals surface area (Å²) in [5.41, 5.74) is 16.4. The highest BCUT2D eigenvalue weighted by molar-refractivity contribution is 6.00. The fourth-order valence-corrected chi connectivity index (χ4v) is 7.36. The van der Waals surface area contributed by atoms with Gasteiger partial charge in [-0.05, 0) is 80.0 Å². The molecule has 3 atom stereocenters. The van der Waals surface area contributed by atoms with E-state index in [1.807, 2.05) is 40.8 Å². The number of methoxy groups -OCH3 is 1. The lowest BCUT2D eigenvalue weighted by atomic mass is 10.1. The summed E-state index contributed by atoms with van der Waals surface area (Å²) in [7, 11) is 3.56. The summed E-state index contributed by atoms with van der Waals surface area (Å²) >= 11 is 0. The Labute approximate surface area is 258 Å². The Bertz CT molecular complexity index is 2040. The van der Waals surface area contributed by atoms with E-state index >= 15 is 0 Å². The van der Waals surface area contributed by atoms with Crippen LogP contribution in [0.3, 0.4) is 0 Å². The first-order chi connectivity index (χ1) is 21.7. The minimum atomic E-state index is -0.812. The Morgan fingerprint density at radius 1 is 1.04 bits per heavy atom. The van der Waals surface area contributed by atoms with Gasteiger partial charge in [0.2, 0.25) is 0 Å². The molecule has 8 rings (SSSR count). The van der Waals surface area contributed by atoms with Crippen LogP contribution in [0.2, 0.25) is 0 Å². The van der Waals surface area contributed by atoms with E-state index in [0.717, 1.165) is 60.3 Å². The van der Waals surface area contributed by atoms with Gasteiger partial charge in [-0.2, -0.15) is 0 Å². The first-order valence-electron chi connectivity index (χ1n) is 15.4. The van der Waals surface area contributed by atoms with E-state index in [9.17, 15) is 14.0 Å². The largest absolute Gasteiger partial charge is 0.494 e. The average Bonchev–Trinajstić information content (AvgIpc) is 3.44. The van der Waals surface area contributed by atoms with Crippen molar-refractivity contribution in [1.82, 2.24) is 24.0 Å². The predicted molar refractivity (Wildman–Crippen MR) is 168 cm³/mol. The number of nitrogens with two attached hydrogens (primary N) is 2. The fraction of sp³-hybridized carbons (Fsp3) is 0.353. The van der Waals surface area contributed by atoms with Gasteiger partial charge in [0.05, 0.1) is 29.6 Å². The van der Waals surface area contributed by atoms with Crippen molar-refractivity contribution in [2.75, 3.05) is 13.7 Å². The van der Waals surface area contributed by atoms with E-state index < -0.39 is 11.7 Å². The van der Waals surface area contributed by atoms with Crippen LogP contribution in [-0.2, 0) is 13.6 Å². The molecule has 11 heteroatoms. The van der Waals surface area contributed by atoms with Crippen molar-refractivity contribution in [3.8, 4) is 28.5 Å². The average molecular weight is 608 g/mol. The Balaban J connectivity index is 1.23. The maximum Gasteiger partial charge on any atom is 0.254 e. The Hall–Kier alpha value is -4.77. The molecule has 3 aromatic heterocycles. The number of benzene rings is 2. The van der Waals surface area contributed by atoms with Crippen molar-refractivity contribution >= 4 is 33.9 Å². The van der Waals surface area contributed by atoms with Crippen LogP contribution in [0, 0.1) is 17.7 Å². The highest BCUT2D eigenvalue weighted by atomic mass is 19.1. The summed E-state index contributed by atoms with van der Waals surface area (Å²) in [5.74, 6) is 0.681. The van der Waals surface area contributed by atoms with Gasteiger partial charge >= 0.3 is 0 Å². The van der Waals surface area contributed by atoms with Crippen LogP contribution in [0.15, 0.2) is 48.5 Å². The molecular weight excluding hydrogens is 573 g/mol. The van der Waals surface area contributed by atoms with Crippen LogP contribution in [0.4, 0.5) is 4.39 Å². The van der Waals surface area contributed by atoms with Gasteiger partial charge in [-0.3, -0.25) is 9.59 Å². The van der Waals surface area contributed by atoms with Crippen molar-refractivity contribution in [3.05, 3.63) is 65.5 Å². The smallest absolute Gasteiger partial charge is 0.254 e. The zero-order valence-electron chi connectivity index (χ0n) is 25.2. The molecule has 2 amide bonds. The normalized spacial score (nSPS) is 20.9. The number of hydrogen-bond donors (Lipinski definition) is 2. The molecule has 230 valence electrons. The first kappa shape index (κ1) is 27.8. The van der Waals surface area contributed by atoms with Crippen LogP contribution >= 0.6 is 0 Å². The molecule has 4 heterocycles. The first-order valence-corrected chi connectivity index (χ1v) is 15.4. The lowest BCUT2D eigenvalue weighted by Gasteiger charge is -2.27. The molecule has 10 nitrogen and oxygen atoms in total. The molecule has 1 aliphatic heterocycles. The van der Waals surface area contributed by atoms with Crippen LogP contribution in [0.5, 0.6) is 5.75 Å². The van der Waals surface area contributed by atoms with Crippen LogP contribution in [0.25, 0.3) is 44.8 Å². The Morgan fingerprint density at radius 3 is 2.53 bits per heavy atom. The second-order valence-electron chi connectivity index (χ2n) is 12.7. The molecule has 45 heavy (non-hydrogen) atoms. The van der Waals surface area contributed by atoms with Crippen molar-refractivity contribution in [2.24, 2.45) is 30.4 Å². The molecule has 2 aliphatic carbocycles.